The van der Waals surface area contributed by atoms with E-state index in [1.165, 1.54) is 0 Å². The van der Waals surface area contributed by atoms with Gasteiger partial charge in [-0.3, -0.25) is 29.0 Å². The first kappa shape index (κ1) is 42.4. The van der Waals surface area contributed by atoms with Gasteiger partial charge in [-0.1, -0.05) is 78.9 Å². The lowest BCUT2D eigenvalue weighted by molar-refractivity contribution is -0.141. The quantitative estimate of drug-likeness (QED) is 0.0594. The molecule has 0 unspecified atom stereocenters. The Hall–Kier alpha value is -6.22. The first-order valence-electron chi connectivity index (χ1n) is 20.6. The molecule has 0 aliphatic carbocycles. The topological polar surface area (TPSA) is 229 Å². The van der Waals surface area contributed by atoms with Crippen molar-refractivity contribution in [2.75, 3.05) is 26.2 Å². The van der Waals surface area contributed by atoms with Crippen molar-refractivity contribution in [1.29, 1.82) is 0 Å². The maximum Gasteiger partial charge on any atom is 0.243 e. The smallest absolute Gasteiger partial charge is 0.243 e. The molecule has 2 aliphatic rings. The molecule has 15 nitrogen and oxygen atoms in total. The molecule has 5 atom stereocenters. The van der Waals surface area contributed by atoms with Crippen molar-refractivity contribution in [3.05, 3.63) is 108 Å². The van der Waals surface area contributed by atoms with Crippen LogP contribution in [0.2, 0.25) is 0 Å². The number of aromatic amines is 1. The summed E-state index contributed by atoms with van der Waals surface area (Å²) in [6.07, 6.45) is 5.26. The third-order valence-corrected chi connectivity index (χ3v) is 11.0. The Morgan fingerprint density at radius 3 is 2.14 bits per heavy atom. The Balaban J connectivity index is 1.30. The molecule has 0 radical (unpaired) electrons. The zero-order chi connectivity index (χ0) is 41.6. The predicted octanol–water partition coefficient (Wildman–Crippen LogP) is 1.56. The van der Waals surface area contributed by atoms with E-state index < -0.39 is 53.8 Å². The summed E-state index contributed by atoms with van der Waals surface area (Å²) in [6.45, 7) is 1.41. The Morgan fingerprint density at radius 1 is 0.729 bits per heavy atom. The van der Waals surface area contributed by atoms with Crippen molar-refractivity contribution < 1.29 is 24.0 Å². The van der Waals surface area contributed by atoms with Crippen molar-refractivity contribution >= 4 is 46.4 Å². The molecule has 3 heterocycles. The van der Waals surface area contributed by atoms with E-state index in [2.05, 4.69) is 36.6 Å². The van der Waals surface area contributed by atoms with Crippen LogP contribution in [0.3, 0.4) is 0 Å². The molecule has 1 aromatic heterocycles. The van der Waals surface area contributed by atoms with Crippen LogP contribution >= 0.6 is 0 Å². The van der Waals surface area contributed by atoms with Crippen LogP contribution in [0.4, 0.5) is 0 Å². The summed E-state index contributed by atoms with van der Waals surface area (Å²) in [5, 5.41) is 16.1. The average molecular weight is 805 g/mol. The SMILES string of the molecule is NC(N)=NCCC[C@@H]1NC(=O)[C@H](Cc2c[nH]c3ccccc23)NC(=O)[C@H](Cc2ccccc2)NC(=O)[C@@H]2CCCN2C(=O)[C@@H](NCCc2ccccc2)CCCNC1=O. The molecule has 2 fully saturated rings. The molecule has 2 saturated heterocycles. The molecule has 3 aromatic carbocycles. The summed E-state index contributed by atoms with van der Waals surface area (Å²) in [5.74, 6) is -2.25. The summed E-state index contributed by atoms with van der Waals surface area (Å²) < 4.78 is 0. The van der Waals surface area contributed by atoms with Crippen LogP contribution in [-0.2, 0) is 43.2 Å². The van der Waals surface area contributed by atoms with E-state index in [0.29, 0.717) is 51.6 Å². The van der Waals surface area contributed by atoms with Gasteiger partial charge in [-0.2, -0.15) is 0 Å². The third kappa shape index (κ3) is 11.9. The lowest BCUT2D eigenvalue weighted by Crippen LogP contribution is -2.59. The monoisotopic (exact) mass is 804 g/mol. The molecular weight excluding hydrogens is 749 g/mol. The number of carbonyl (C=O) groups excluding carboxylic acids is 5. The second-order valence-electron chi connectivity index (χ2n) is 15.3. The van der Waals surface area contributed by atoms with Crippen LogP contribution in [0.15, 0.2) is 96.1 Å². The lowest BCUT2D eigenvalue weighted by atomic mass is 10.0. The van der Waals surface area contributed by atoms with Gasteiger partial charge in [-0.05, 0) is 74.2 Å². The molecule has 59 heavy (non-hydrogen) atoms. The van der Waals surface area contributed by atoms with Gasteiger partial charge >= 0.3 is 0 Å². The van der Waals surface area contributed by atoms with Crippen molar-refractivity contribution in [2.24, 2.45) is 16.5 Å². The normalized spacial score (nSPS) is 22.3. The Kier molecular flexibility index (Phi) is 15.1. The summed E-state index contributed by atoms with van der Waals surface area (Å²) in [4.78, 5) is 80.0. The van der Waals surface area contributed by atoms with Gasteiger partial charge in [0.15, 0.2) is 5.96 Å². The van der Waals surface area contributed by atoms with Crippen molar-refractivity contribution in [2.45, 2.75) is 88.0 Å². The number of hydrogen-bond acceptors (Lipinski definition) is 7. The van der Waals surface area contributed by atoms with Crippen molar-refractivity contribution in [1.82, 2.24) is 36.5 Å². The minimum absolute atomic E-state index is 0.0800. The first-order chi connectivity index (χ1) is 28.7. The Morgan fingerprint density at radius 2 is 1.39 bits per heavy atom. The summed E-state index contributed by atoms with van der Waals surface area (Å²) in [6, 6.07) is 22.3. The number of aromatic nitrogens is 1. The highest BCUT2D eigenvalue weighted by Crippen LogP contribution is 2.22. The number of rotatable bonds is 12. The third-order valence-electron chi connectivity index (χ3n) is 11.0. The van der Waals surface area contributed by atoms with E-state index >= 15 is 0 Å². The average Bonchev–Trinajstić information content (AvgIpc) is 3.90. The summed E-state index contributed by atoms with van der Waals surface area (Å²) >= 11 is 0. The Labute approximate surface area is 344 Å². The zero-order valence-corrected chi connectivity index (χ0v) is 33.3. The van der Waals surface area contributed by atoms with E-state index in [9.17, 15) is 24.0 Å². The number of aliphatic imine (C=N–C) groups is 1. The number of nitrogens with zero attached hydrogens (tertiary/aromatic N) is 2. The summed E-state index contributed by atoms with van der Waals surface area (Å²) in [7, 11) is 0. The summed E-state index contributed by atoms with van der Waals surface area (Å²) in [5.41, 5.74) is 14.7. The van der Waals surface area contributed by atoms with Crippen molar-refractivity contribution in [3.63, 3.8) is 0 Å². The van der Waals surface area contributed by atoms with E-state index in [0.717, 1.165) is 27.6 Å². The number of fused-ring (bicyclic) bond motifs is 2. The number of guanidine groups is 1. The molecule has 6 rings (SSSR count). The second-order valence-corrected chi connectivity index (χ2v) is 15.3. The number of carbonyl (C=O) groups is 5. The van der Waals surface area contributed by atoms with Gasteiger partial charge in [-0.15, -0.1) is 0 Å². The van der Waals surface area contributed by atoms with E-state index in [-0.39, 0.29) is 44.2 Å². The maximum absolute atomic E-state index is 14.4. The molecule has 0 spiro atoms. The molecule has 4 aromatic rings. The number of para-hydroxylation sites is 1. The van der Waals surface area contributed by atoms with Gasteiger partial charge in [-0.25, -0.2) is 0 Å². The molecule has 0 bridgehead atoms. The standard InChI is InChI=1S/C44H56N10O5/c45-44(46)49-23-9-18-34-39(55)48-22-10-19-35(47-24-21-29-12-3-1-4-13-29)43(59)54-25-11-20-38(54)42(58)53-36(26-30-14-5-2-6-15-30)40(56)52-37(41(57)51-34)27-31-28-50-33-17-8-7-16-32(31)33/h1-8,12-17,28,34-38,47,50H,9-11,18-27H2,(H,48,55)(H,51,57)(H,52,56)(H,53,58)(H4,45,46,49)/t34-,35-,36-,37-,38-/m0/s1. The Bertz CT molecular complexity index is 2070. The molecule has 0 saturated carbocycles. The first-order valence-corrected chi connectivity index (χ1v) is 20.6. The number of benzene rings is 3. The molecule has 2 aliphatic heterocycles. The number of nitrogens with one attached hydrogen (secondary N) is 6. The minimum Gasteiger partial charge on any atom is -0.370 e. The van der Waals surface area contributed by atoms with Gasteiger partial charge < -0.3 is 47.9 Å². The highest BCUT2D eigenvalue weighted by atomic mass is 16.2. The maximum atomic E-state index is 14.4. The van der Waals surface area contributed by atoms with Crippen LogP contribution in [0.1, 0.15) is 55.2 Å². The largest absolute Gasteiger partial charge is 0.370 e. The fourth-order valence-corrected chi connectivity index (χ4v) is 7.87. The highest BCUT2D eigenvalue weighted by Gasteiger charge is 2.39. The van der Waals surface area contributed by atoms with Crippen LogP contribution in [0, 0.1) is 0 Å². The van der Waals surface area contributed by atoms with Crippen LogP contribution in [-0.4, -0.2) is 102 Å². The predicted molar refractivity (Wildman–Crippen MR) is 227 cm³/mol. The number of H-pyrrole nitrogens is 1. The molecule has 15 heteroatoms. The van der Waals surface area contributed by atoms with E-state index in [4.69, 9.17) is 11.5 Å². The second kappa shape index (κ2) is 21.0. The van der Waals surface area contributed by atoms with Gasteiger partial charge in [0.05, 0.1) is 6.04 Å². The molecule has 312 valence electrons. The lowest BCUT2D eigenvalue weighted by Gasteiger charge is -2.31. The van der Waals surface area contributed by atoms with Gasteiger partial charge in [0.1, 0.15) is 24.2 Å². The molecular formula is C44H56N10O5. The highest BCUT2D eigenvalue weighted by molar-refractivity contribution is 5.97. The molecule has 10 N–H and O–H groups in total. The number of nitrogens with two attached hydrogens (primary N) is 2. The van der Waals surface area contributed by atoms with Crippen LogP contribution < -0.4 is 38.1 Å². The minimum atomic E-state index is -1.13. The van der Waals surface area contributed by atoms with Gasteiger partial charge in [0, 0.05) is 49.6 Å². The fraction of sp³-hybridized carbons (Fsp3) is 0.409. The molecule has 5 amide bonds. The van der Waals surface area contributed by atoms with E-state index in [1.54, 1.807) is 11.1 Å². The fourth-order valence-electron chi connectivity index (χ4n) is 7.87. The van der Waals surface area contributed by atoms with Crippen LogP contribution in [0.5, 0.6) is 0 Å². The zero-order valence-electron chi connectivity index (χ0n) is 33.3. The number of amides is 5. The van der Waals surface area contributed by atoms with Gasteiger partial charge in [0.25, 0.3) is 0 Å². The van der Waals surface area contributed by atoms with Crippen molar-refractivity contribution in [3.8, 4) is 0 Å². The number of hydrogen-bond donors (Lipinski definition) is 8. The van der Waals surface area contributed by atoms with Crippen LogP contribution in [0.25, 0.3) is 10.9 Å². The van der Waals surface area contributed by atoms with Gasteiger partial charge in [0.2, 0.25) is 29.5 Å². The van der Waals surface area contributed by atoms with E-state index in [1.807, 2.05) is 84.9 Å².